The Balaban J connectivity index is 1.70. The maximum atomic E-state index is 5.44. The largest absolute Gasteiger partial charge is 0.381 e. The maximum absolute atomic E-state index is 5.44. The summed E-state index contributed by atoms with van der Waals surface area (Å²) >= 11 is 0. The van der Waals surface area contributed by atoms with E-state index >= 15 is 0 Å². The average Bonchev–Trinajstić information content (AvgIpc) is 3.27. The predicted octanol–water partition coefficient (Wildman–Crippen LogP) is 2.94. The van der Waals surface area contributed by atoms with E-state index in [9.17, 15) is 0 Å². The van der Waals surface area contributed by atoms with Gasteiger partial charge < -0.3 is 9.26 Å². The Bertz CT molecular complexity index is 787. The van der Waals surface area contributed by atoms with Crippen LogP contribution in [-0.4, -0.2) is 33.6 Å². The van der Waals surface area contributed by atoms with Crippen molar-refractivity contribution in [3.8, 4) is 22.7 Å². The molecule has 0 unspecified atom stereocenters. The molecule has 1 fully saturated rings. The predicted molar refractivity (Wildman–Crippen MR) is 80.2 cm³/mol. The molecule has 0 spiro atoms. The first-order chi connectivity index (χ1) is 10.8. The minimum Gasteiger partial charge on any atom is -0.381 e. The second-order valence-corrected chi connectivity index (χ2v) is 5.55. The summed E-state index contributed by atoms with van der Waals surface area (Å²) in [6.07, 6.45) is 2.66. The van der Waals surface area contributed by atoms with Crippen LogP contribution in [0.2, 0.25) is 0 Å². The van der Waals surface area contributed by atoms with Gasteiger partial charge in [0.25, 0.3) is 5.89 Å². The van der Waals surface area contributed by atoms with Crippen molar-refractivity contribution in [1.29, 1.82) is 0 Å². The molecule has 0 radical (unpaired) electrons. The van der Waals surface area contributed by atoms with Gasteiger partial charge in [-0.1, -0.05) is 28.9 Å². The van der Waals surface area contributed by atoms with Gasteiger partial charge in [-0.25, -0.2) is 0 Å². The number of benzene rings is 1. The quantitative estimate of drug-likeness (QED) is 0.804. The van der Waals surface area contributed by atoms with E-state index in [4.69, 9.17) is 9.26 Å². The number of nitrogens with one attached hydrogen (secondary N) is 1. The lowest BCUT2D eigenvalue weighted by Gasteiger charge is -2.01. The van der Waals surface area contributed by atoms with Gasteiger partial charge in [0.15, 0.2) is 5.82 Å². The van der Waals surface area contributed by atoms with E-state index in [-0.39, 0.29) is 5.92 Å². The fraction of sp³-hybridized carbons (Fsp3) is 0.312. The molecule has 1 N–H and O–H groups in total. The van der Waals surface area contributed by atoms with Crippen LogP contribution in [-0.2, 0) is 4.74 Å². The summed E-state index contributed by atoms with van der Waals surface area (Å²) in [7, 11) is 0. The maximum Gasteiger partial charge on any atom is 0.261 e. The number of ether oxygens (including phenoxy) is 1. The molecular weight excluding hydrogens is 280 g/mol. The van der Waals surface area contributed by atoms with Gasteiger partial charge in [0, 0.05) is 18.1 Å². The molecule has 1 saturated heterocycles. The molecule has 3 aromatic rings. The van der Waals surface area contributed by atoms with E-state index in [1.807, 2.05) is 12.1 Å². The Labute approximate surface area is 127 Å². The third-order valence-electron chi connectivity index (χ3n) is 3.91. The van der Waals surface area contributed by atoms with Crippen molar-refractivity contribution >= 4 is 0 Å². The molecule has 1 aliphatic heterocycles. The van der Waals surface area contributed by atoms with Crippen LogP contribution in [0.5, 0.6) is 0 Å². The number of aromatic amines is 1. The summed E-state index contributed by atoms with van der Waals surface area (Å²) in [4.78, 5) is 4.53. The summed E-state index contributed by atoms with van der Waals surface area (Å²) < 4.78 is 10.8. The van der Waals surface area contributed by atoms with Gasteiger partial charge in [0.2, 0.25) is 0 Å². The SMILES string of the molecule is Cc1cccc(-c2[nH]ncc2-c2nc([C@H]3CCOC3)no2)c1. The van der Waals surface area contributed by atoms with E-state index in [0.717, 1.165) is 29.8 Å². The second kappa shape index (κ2) is 5.38. The standard InChI is InChI=1S/C16H16N4O2/c1-10-3-2-4-11(7-10)14-13(8-17-19-14)16-18-15(20-22-16)12-5-6-21-9-12/h2-4,7-8,12H,5-6,9H2,1H3,(H,17,19)/t12-/m0/s1. The normalized spacial score (nSPS) is 18.0. The monoisotopic (exact) mass is 296 g/mol. The van der Waals surface area contributed by atoms with Crippen LogP contribution in [0.15, 0.2) is 35.0 Å². The van der Waals surface area contributed by atoms with E-state index in [1.165, 1.54) is 5.56 Å². The Hall–Kier alpha value is -2.47. The molecule has 1 aliphatic rings. The first-order valence-corrected chi connectivity index (χ1v) is 7.33. The Morgan fingerprint density at radius 3 is 3.09 bits per heavy atom. The number of nitrogens with zero attached hydrogens (tertiary/aromatic N) is 3. The molecule has 3 heterocycles. The zero-order chi connectivity index (χ0) is 14.9. The highest BCUT2D eigenvalue weighted by molar-refractivity contribution is 5.76. The molecule has 4 rings (SSSR count). The van der Waals surface area contributed by atoms with Crippen molar-refractivity contribution in [3.05, 3.63) is 41.9 Å². The minimum absolute atomic E-state index is 0.229. The van der Waals surface area contributed by atoms with Crippen LogP contribution >= 0.6 is 0 Å². The molecular formula is C16H16N4O2. The van der Waals surface area contributed by atoms with Crippen LogP contribution in [0.25, 0.3) is 22.7 Å². The molecule has 0 bridgehead atoms. The second-order valence-electron chi connectivity index (χ2n) is 5.55. The van der Waals surface area contributed by atoms with E-state index in [1.54, 1.807) is 6.20 Å². The van der Waals surface area contributed by atoms with E-state index in [2.05, 4.69) is 39.4 Å². The Kier molecular flexibility index (Phi) is 3.23. The third-order valence-corrected chi connectivity index (χ3v) is 3.91. The fourth-order valence-corrected chi connectivity index (χ4v) is 2.72. The van der Waals surface area contributed by atoms with Crippen LogP contribution in [0.3, 0.4) is 0 Å². The van der Waals surface area contributed by atoms with Crippen molar-refractivity contribution in [2.45, 2.75) is 19.3 Å². The average molecular weight is 296 g/mol. The molecule has 2 aromatic heterocycles. The summed E-state index contributed by atoms with van der Waals surface area (Å²) in [5, 5.41) is 11.3. The van der Waals surface area contributed by atoms with Crippen molar-refractivity contribution < 1.29 is 9.26 Å². The fourth-order valence-electron chi connectivity index (χ4n) is 2.72. The number of hydrogen-bond donors (Lipinski definition) is 1. The van der Waals surface area contributed by atoms with E-state index < -0.39 is 0 Å². The van der Waals surface area contributed by atoms with Gasteiger partial charge in [0.1, 0.15) is 0 Å². The zero-order valence-corrected chi connectivity index (χ0v) is 12.2. The van der Waals surface area contributed by atoms with Crippen LogP contribution in [0.4, 0.5) is 0 Å². The minimum atomic E-state index is 0.229. The van der Waals surface area contributed by atoms with Crippen molar-refractivity contribution in [2.75, 3.05) is 13.2 Å². The first kappa shape index (κ1) is 13.2. The lowest BCUT2D eigenvalue weighted by atomic mass is 10.1. The van der Waals surface area contributed by atoms with Crippen LogP contribution in [0, 0.1) is 6.92 Å². The molecule has 112 valence electrons. The Morgan fingerprint density at radius 1 is 1.32 bits per heavy atom. The third kappa shape index (κ3) is 2.31. The molecule has 6 heteroatoms. The van der Waals surface area contributed by atoms with Gasteiger partial charge in [-0.05, 0) is 19.4 Å². The van der Waals surface area contributed by atoms with Gasteiger partial charge in [-0.15, -0.1) is 0 Å². The highest BCUT2D eigenvalue weighted by Crippen LogP contribution is 2.31. The topological polar surface area (TPSA) is 76.8 Å². The van der Waals surface area contributed by atoms with E-state index in [0.29, 0.717) is 18.3 Å². The molecule has 0 aliphatic carbocycles. The smallest absolute Gasteiger partial charge is 0.261 e. The van der Waals surface area contributed by atoms with Crippen LogP contribution in [0.1, 0.15) is 23.7 Å². The number of rotatable bonds is 3. The highest BCUT2D eigenvalue weighted by atomic mass is 16.5. The molecule has 22 heavy (non-hydrogen) atoms. The van der Waals surface area contributed by atoms with Crippen molar-refractivity contribution in [2.24, 2.45) is 0 Å². The Morgan fingerprint density at radius 2 is 2.27 bits per heavy atom. The highest BCUT2D eigenvalue weighted by Gasteiger charge is 2.24. The first-order valence-electron chi connectivity index (χ1n) is 7.33. The zero-order valence-electron chi connectivity index (χ0n) is 12.2. The van der Waals surface area contributed by atoms with Gasteiger partial charge in [-0.3, -0.25) is 5.10 Å². The summed E-state index contributed by atoms with van der Waals surface area (Å²) in [6, 6.07) is 8.21. The number of aryl methyl sites for hydroxylation is 1. The van der Waals surface area contributed by atoms with Crippen molar-refractivity contribution in [3.63, 3.8) is 0 Å². The lowest BCUT2D eigenvalue weighted by Crippen LogP contribution is -1.99. The van der Waals surface area contributed by atoms with Crippen molar-refractivity contribution in [1.82, 2.24) is 20.3 Å². The molecule has 1 aromatic carbocycles. The summed E-state index contributed by atoms with van der Waals surface area (Å²) in [6.45, 7) is 3.48. The summed E-state index contributed by atoms with van der Waals surface area (Å²) in [5.41, 5.74) is 3.95. The molecule has 1 atom stereocenters. The van der Waals surface area contributed by atoms with Gasteiger partial charge >= 0.3 is 0 Å². The van der Waals surface area contributed by atoms with Crippen LogP contribution < -0.4 is 0 Å². The number of H-pyrrole nitrogens is 1. The molecule has 6 nitrogen and oxygen atoms in total. The number of hydrogen-bond acceptors (Lipinski definition) is 5. The van der Waals surface area contributed by atoms with Gasteiger partial charge in [-0.2, -0.15) is 10.1 Å². The molecule has 0 saturated carbocycles. The van der Waals surface area contributed by atoms with Gasteiger partial charge in [0.05, 0.1) is 24.1 Å². The lowest BCUT2D eigenvalue weighted by molar-refractivity contribution is 0.192. The molecule has 0 amide bonds. The summed E-state index contributed by atoms with van der Waals surface area (Å²) in [5.74, 6) is 1.43. The number of aromatic nitrogens is 4.